The predicted octanol–water partition coefficient (Wildman–Crippen LogP) is 2.37. The highest BCUT2D eigenvalue weighted by Gasteiger charge is 2.64. The molecule has 0 unspecified atom stereocenters. The molecule has 4 nitrogen and oxygen atoms in total. The average Bonchev–Trinajstić information content (AvgIpc) is 2.50. The van der Waals surface area contributed by atoms with E-state index in [4.69, 9.17) is 9.47 Å². The summed E-state index contributed by atoms with van der Waals surface area (Å²) in [5, 5.41) is 21.3. The summed E-state index contributed by atoms with van der Waals surface area (Å²) in [7, 11) is 1.63. The summed E-state index contributed by atoms with van der Waals surface area (Å²) in [6.45, 7) is 4.90. The molecule has 122 valence electrons. The topological polar surface area (TPSA) is 58.9 Å². The van der Waals surface area contributed by atoms with Crippen LogP contribution in [-0.2, 0) is 11.3 Å². The highest BCUT2D eigenvalue weighted by atomic mass is 16.5. The molecule has 4 atom stereocenters. The van der Waals surface area contributed by atoms with Crippen LogP contribution in [0.3, 0.4) is 0 Å². The fourth-order valence-electron chi connectivity index (χ4n) is 4.31. The Morgan fingerprint density at radius 1 is 1.23 bits per heavy atom. The smallest absolute Gasteiger partial charge is 0.124 e. The Balaban J connectivity index is 1.65. The number of fused-ring (bicyclic) bond motifs is 2. The number of methoxy groups -OCH3 is 1. The van der Waals surface area contributed by atoms with Crippen LogP contribution >= 0.6 is 0 Å². The largest absolute Gasteiger partial charge is 0.496 e. The first-order chi connectivity index (χ1) is 10.4. The molecular formula is C18H26O4. The minimum atomic E-state index is -1.14. The lowest BCUT2D eigenvalue weighted by molar-refractivity contribution is -0.270. The molecule has 4 heteroatoms. The third-order valence-corrected chi connectivity index (χ3v) is 5.94. The zero-order chi connectivity index (χ0) is 16.0. The Labute approximate surface area is 132 Å². The maximum Gasteiger partial charge on any atom is 0.124 e. The molecule has 0 amide bonds. The minimum absolute atomic E-state index is 0.0851. The molecule has 3 fully saturated rings. The molecule has 0 heterocycles. The van der Waals surface area contributed by atoms with E-state index in [1.54, 1.807) is 7.11 Å². The number of aliphatic hydroxyl groups excluding tert-OH is 1. The second-order valence-corrected chi connectivity index (χ2v) is 7.35. The number of hydrogen-bond donors (Lipinski definition) is 2. The van der Waals surface area contributed by atoms with Gasteiger partial charge in [0.1, 0.15) is 11.4 Å². The van der Waals surface area contributed by atoms with Crippen LogP contribution < -0.4 is 4.74 Å². The maximum absolute atomic E-state index is 11.0. The molecule has 0 spiro atoms. The lowest BCUT2D eigenvalue weighted by atomic mass is 9.43. The van der Waals surface area contributed by atoms with Gasteiger partial charge in [-0.2, -0.15) is 0 Å². The number of benzene rings is 1. The SMILES string of the molecule is COc1ccccc1COC[C@@]1(O)[C@@H]2C[C@H](C[C@@H]1O)C2(C)C. The molecule has 3 aliphatic carbocycles. The van der Waals surface area contributed by atoms with Crippen LogP contribution in [0.4, 0.5) is 0 Å². The van der Waals surface area contributed by atoms with Crippen molar-refractivity contribution in [1.82, 2.24) is 0 Å². The van der Waals surface area contributed by atoms with Crippen LogP contribution in [0, 0.1) is 17.3 Å². The van der Waals surface area contributed by atoms with Gasteiger partial charge in [0.05, 0.1) is 26.4 Å². The monoisotopic (exact) mass is 306 g/mol. The first-order valence-electron chi connectivity index (χ1n) is 7.99. The molecular weight excluding hydrogens is 280 g/mol. The van der Waals surface area contributed by atoms with E-state index in [1.165, 1.54) is 0 Å². The standard InChI is InChI=1S/C18H26O4/c1-17(2)13-8-15(17)18(20,16(19)9-13)11-22-10-12-6-4-5-7-14(12)21-3/h4-7,13,15-16,19-20H,8-11H2,1-3H3/t13-,15-,16+,18-/m1/s1. The summed E-state index contributed by atoms with van der Waals surface area (Å²) in [6.07, 6.45) is 0.957. The average molecular weight is 306 g/mol. The molecule has 4 rings (SSSR count). The summed E-state index contributed by atoms with van der Waals surface area (Å²) < 4.78 is 11.1. The second-order valence-electron chi connectivity index (χ2n) is 7.35. The van der Waals surface area contributed by atoms with Crippen molar-refractivity contribution in [1.29, 1.82) is 0 Å². The van der Waals surface area contributed by atoms with E-state index >= 15 is 0 Å². The van der Waals surface area contributed by atoms with E-state index < -0.39 is 11.7 Å². The van der Waals surface area contributed by atoms with Gasteiger partial charge in [0.2, 0.25) is 0 Å². The Morgan fingerprint density at radius 2 is 1.95 bits per heavy atom. The highest BCUT2D eigenvalue weighted by Crippen LogP contribution is 2.62. The number of ether oxygens (including phenoxy) is 2. The Bertz CT molecular complexity index is 542. The normalized spacial score (nSPS) is 35.8. The maximum atomic E-state index is 11.0. The van der Waals surface area contributed by atoms with Crippen molar-refractivity contribution in [2.24, 2.45) is 17.3 Å². The lowest BCUT2D eigenvalue weighted by Gasteiger charge is -2.64. The van der Waals surface area contributed by atoms with Crippen LogP contribution in [0.25, 0.3) is 0 Å². The first-order valence-corrected chi connectivity index (χ1v) is 7.99. The Hall–Kier alpha value is -1.10. The summed E-state index contributed by atoms with van der Waals surface area (Å²) in [4.78, 5) is 0. The summed E-state index contributed by atoms with van der Waals surface area (Å²) in [6, 6.07) is 7.69. The molecule has 0 aromatic heterocycles. The van der Waals surface area contributed by atoms with Crippen molar-refractivity contribution in [3.8, 4) is 5.75 Å². The zero-order valence-corrected chi connectivity index (χ0v) is 13.6. The van der Waals surface area contributed by atoms with Crippen LogP contribution in [0.5, 0.6) is 5.75 Å². The Kier molecular flexibility index (Phi) is 3.96. The fraction of sp³-hybridized carbons (Fsp3) is 0.667. The highest BCUT2D eigenvalue weighted by molar-refractivity contribution is 5.32. The van der Waals surface area contributed by atoms with Gasteiger partial charge in [-0.25, -0.2) is 0 Å². The van der Waals surface area contributed by atoms with Gasteiger partial charge in [0.25, 0.3) is 0 Å². The van der Waals surface area contributed by atoms with E-state index in [-0.39, 0.29) is 17.9 Å². The molecule has 0 saturated heterocycles. The third kappa shape index (κ3) is 2.34. The Morgan fingerprint density at radius 3 is 2.64 bits per heavy atom. The van der Waals surface area contributed by atoms with E-state index in [9.17, 15) is 10.2 Å². The first kappa shape index (κ1) is 15.8. The predicted molar refractivity (Wildman–Crippen MR) is 83.6 cm³/mol. The van der Waals surface area contributed by atoms with Crippen molar-refractivity contribution in [3.63, 3.8) is 0 Å². The van der Waals surface area contributed by atoms with Gasteiger partial charge >= 0.3 is 0 Å². The van der Waals surface area contributed by atoms with E-state index in [2.05, 4.69) is 13.8 Å². The van der Waals surface area contributed by atoms with Crippen LogP contribution in [-0.4, -0.2) is 35.6 Å². The van der Waals surface area contributed by atoms with Crippen LogP contribution in [0.2, 0.25) is 0 Å². The van der Waals surface area contributed by atoms with Gasteiger partial charge in [-0.05, 0) is 36.2 Å². The van der Waals surface area contributed by atoms with Gasteiger partial charge in [-0.15, -0.1) is 0 Å². The molecule has 3 aliphatic rings. The number of hydrogen-bond acceptors (Lipinski definition) is 4. The molecule has 1 aromatic rings. The molecule has 2 N–H and O–H groups in total. The minimum Gasteiger partial charge on any atom is -0.496 e. The summed E-state index contributed by atoms with van der Waals surface area (Å²) >= 11 is 0. The van der Waals surface area contributed by atoms with Crippen molar-refractivity contribution in [3.05, 3.63) is 29.8 Å². The molecule has 0 aliphatic heterocycles. The fourth-order valence-corrected chi connectivity index (χ4v) is 4.31. The van der Waals surface area contributed by atoms with Gasteiger partial charge < -0.3 is 19.7 Å². The van der Waals surface area contributed by atoms with Crippen molar-refractivity contribution < 1.29 is 19.7 Å². The number of aliphatic hydroxyl groups is 2. The van der Waals surface area contributed by atoms with Crippen molar-refractivity contribution in [2.75, 3.05) is 13.7 Å². The van der Waals surface area contributed by atoms with E-state index in [0.717, 1.165) is 17.7 Å². The number of rotatable bonds is 5. The van der Waals surface area contributed by atoms with Crippen molar-refractivity contribution >= 4 is 0 Å². The second kappa shape index (κ2) is 5.52. The summed E-state index contributed by atoms with van der Waals surface area (Å²) in [5.74, 6) is 1.40. The van der Waals surface area contributed by atoms with Crippen LogP contribution in [0.15, 0.2) is 24.3 Å². The zero-order valence-electron chi connectivity index (χ0n) is 13.6. The molecule has 2 bridgehead atoms. The number of para-hydroxylation sites is 1. The quantitative estimate of drug-likeness (QED) is 0.877. The molecule has 3 saturated carbocycles. The molecule has 22 heavy (non-hydrogen) atoms. The van der Waals surface area contributed by atoms with E-state index in [0.29, 0.717) is 18.9 Å². The van der Waals surface area contributed by atoms with Crippen molar-refractivity contribution in [2.45, 2.75) is 45.0 Å². The van der Waals surface area contributed by atoms with Gasteiger partial charge in [-0.1, -0.05) is 32.0 Å². The molecule has 0 radical (unpaired) electrons. The van der Waals surface area contributed by atoms with Gasteiger partial charge in [-0.3, -0.25) is 0 Å². The van der Waals surface area contributed by atoms with E-state index in [1.807, 2.05) is 24.3 Å². The summed E-state index contributed by atoms with van der Waals surface area (Å²) in [5.41, 5.74) is -0.105. The molecule has 1 aromatic carbocycles. The van der Waals surface area contributed by atoms with Gasteiger partial charge in [0.15, 0.2) is 0 Å². The lowest BCUT2D eigenvalue weighted by Crippen LogP contribution is -2.69. The van der Waals surface area contributed by atoms with Crippen LogP contribution in [0.1, 0.15) is 32.3 Å². The van der Waals surface area contributed by atoms with Gasteiger partial charge in [0, 0.05) is 5.56 Å². The third-order valence-electron chi connectivity index (χ3n) is 5.94.